The van der Waals surface area contributed by atoms with Gasteiger partial charge in [-0.1, -0.05) is 23.4 Å². The molecule has 0 spiro atoms. The van der Waals surface area contributed by atoms with Crippen LogP contribution in [0, 0.1) is 0 Å². The topological polar surface area (TPSA) is 96.0 Å². The molecule has 0 radical (unpaired) electrons. The number of amidine groups is 1. The zero-order valence-corrected chi connectivity index (χ0v) is 13.3. The summed E-state index contributed by atoms with van der Waals surface area (Å²) in [6.45, 7) is 4.23. The van der Waals surface area contributed by atoms with Crippen molar-refractivity contribution in [2.45, 2.75) is 25.5 Å². The van der Waals surface area contributed by atoms with Gasteiger partial charge in [0.05, 0.1) is 11.0 Å². The van der Waals surface area contributed by atoms with Crippen molar-refractivity contribution in [3.05, 3.63) is 30.3 Å². The van der Waals surface area contributed by atoms with Crippen molar-refractivity contribution < 1.29 is 13.6 Å². The van der Waals surface area contributed by atoms with Gasteiger partial charge in [0.25, 0.3) is 0 Å². The lowest BCUT2D eigenvalue weighted by atomic mass is 10.2. The molecule has 0 bridgehead atoms. The number of rotatable bonds is 8. The van der Waals surface area contributed by atoms with Gasteiger partial charge in [0.1, 0.15) is 5.84 Å². The maximum Gasteiger partial charge on any atom is 0.154 e. The molecule has 118 valence electrons. The fraction of sp³-hybridized carbons (Fsp3) is 0.500. The molecule has 0 aliphatic heterocycles. The molecule has 0 aromatic heterocycles. The fourth-order valence-corrected chi connectivity index (χ4v) is 2.73. The Morgan fingerprint density at radius 3 is 2.43 bits per heavy atom. The largest absolute Gasteiger partial charge is 0.409 e. The van der Waals surface area contributed by atoms with Gasteiger partial charge in [-0.3, -0.25) is 0 Å². The number of hydrogen-bond donors (Lipinski definition) is 2. The first-order chi connectivity index (χ1) is 9.86. The molecule has 0 saturated heterocycles. The monoisotopic (exact) mass is 313 g/mol. The average molecular weight is 313 g/mol. The lowest BCUT2D eigenvalue weighted by Gasteiger charge is -2.25. The SMILES string of the molecule is CC(C)S(=O)(=O)CCN(CC/C(N)=N/O)c1ccccc1. The normalized spacial score (nSPS) is 12.6. The first-order valence-electron chi connectivity index (χ1n) is 6.84. The van der Waals surface area contributed by atoms with E-state index in [9.17, 15) is 8.42 Å². The highest BCUT2D eigenvalue weighted by atomic mass is 32.2. The molecule has 0 aliphatic rings. The molecule has 6 nitrogen and oxygen atoms in total. The first-order valence-corrected chi connectivity index (χ1v) is 8.56. The lowest BCUT2D eigenvalue weighted by molar-refractivity contribution is 0.317. The van der Waals surface area contributed by atoms with Crippen LogP contribution < -0.4 is 10.6 Å². The van der Waals surface area contributed by atoms with Crippen LogP contribution in [-0.2, 0) is 9.84 Å². The summed E-state index contributed by atoms with van der Waals surface area (Å²) in [4.78, 5) is 1.93. The second-order valence-electron chi connectivity index (χ2n) is 5.08. The molecule has 1 aromatic carbocycles. The van der Waals surface area contributed by atoms with Crippen LogP contribution in [0.4, 0.5) is 5.69 Å². The smallest absolute Gasteiger partial charge is 0.154 e. The van der Waals surface area contributed by atoms with Crippen molar-refractivity contribution >= 4 is 21.4 Å². The third-order valence-electron chi connectivity index (χ3n) is 3.25. The van der Waals surface area contributed by atoms with E-state index in [2.05, 4.69) is 5.16 Å². The number of sulfone groups is 1. The van der Waals surface area contributed by atoms with Crippen LogP contribution in [0.2, 0.25) is 0 Å². The van der Waals surface area contributed by atoms with Crippen molar-refractivity contribution in [1.29, 1.82) is 0 Å². The van der Waals surface area contributed by atoms with Crippen molar-refractivity contribution in [2.24, 2.45) is 10.9 Å². The molecule has 0 saturated carbocycles. The van der Waals surface area contributed by atoms with E-state index in [1.54, 1.807) is 13.8 Å². The third-order valence-corrected chi connectivity index (χ3v) is 5.44. The van der Waals surface area contributed by atoms with Crippen molar-refractivity contribution in [3.63, 3.8) is 0 Å². The Kier molecular flexibility index (Phi) is 6.48. The molecular weight excluding hydrogens is 290 g/mol. The van der Waals surface area contributed by atoms with E-state index in [1.807, 2.05) is 35.2 Å². The molecule has 1 aromatic rings. The van der Waals surface area contributed by atoms with E-state index in [0.29, 0.717) is 19.5 Å². The summed E-state index contributed by atoms with van der Waals surface area (Å²) in [6.07, 6.45) is 0.368. The molecule has 0 amide bonds. The van der Waals surface area contributed by atoms with E-state index < -0.39 is 9.84 Å². The number of nitrogens with zero attached hydrogens (tertiary/aromatic N) is 2. The van der Waals surface area contributed by atoms with Gasteiger partial charge in [-0.2, -0.15) is 0 Å². The molecule has 0 atom stereocenters. The zero-order valence-electron chi connectivity index (χ0n) is 12.4. The number of anilines is 1. The summed E-state index contributed by atoms with van der Waals surface area (Å²) in [6, 6.07) is 9.50. The Morgan fingerprint density at radius 1 is 1.29 bits per heavy atom. The van der Waals surface area contributed by atoms with E-state index in [0.717, 1.165) is 5.69 Å². The van der Waals surface area contributed by atoms with Crippen LogP contribution in [-0.4, -0.2) is 43.6 Å². The van der Waals surface area contributed by atoms with E-state index in [-0.39, 0.29) is 16.8 Å². The van der Waals surface area contributed by atoms with Crippen LogP contribution in [0.3, 0.4) is 0 Å². The first kappa shape index (κ1) is 17.3. The summed E-state index contributed by atoms with van der Waals surface area (Å²) in [5.74, 6) is 0.207. The number of nitrogens with two attached hydrogens (primary N) is 1. The van der Waals surface area contributed by atoms with Crippen LogP contribution in [0.15, 0.2) is 35.5 Å². The average Bonchev–Trinajstić information content (AvgIpc) is 2.47. The molecular formula is C14H23N3O3S. The van der Waals surface area contributed by atoms with E-state index >= 15 is 0 Å². The minimum absolute atomic E-state index is 0.0791. The molecule has 7 heteroatoms. The second kappa shape index (κ2) is 7.87. The predicted octanol–water partition coefficient (Wildman–Crippen LogP) is 1.45. The van der Waals surface area contributed by atoms with E-state index in [4.69, 9.17) is 10.9 Å². The number of benzene rings is 1. The Labute approximate surface area is 126 Å². The van der Waals surface area contributed by atoms with Gasteiger partial charge in [-0.05, 0) is 26.0 Å². The Hall–Kier alpha value is -1.76. The molecule has 21 heavy (non-hydrogen) atoms. The maximum absolute atomic E-state index is 11.9. The van der Waals surface area contributed by atoms with Crippen molar-refractivity contribution in [1.82, 2.24) is 0 Å². The van der Waals surface area contributed by atoms with Crippen molar-refractivity contribution in [3.8, 4) is 0 Å². The van der Waals surface area contributed by atoms with Gasteiger partial charge in [0.2, 0.25) is 0 Å². The third kappa shape index (κ3) is 5.63. The summed E-state index contributed by atoms with van der Waals surface area (Å²) in [5.41, 5.74) is 6.40. The Bertz CT molecular complexity index is 556. The highest BCUT2D eigenvalue weighted by Crippen LogP contribution is 2.14. The Balaban J connectivity index is 2.78. The van der Waals surface area contributed by atoms with Crippen LogP contribution in [0.5, 0.6) is 0 Å². The molecule has 0 fully saturated rings. The molecule has 3 N–H and O–H groups in total. The van der Waals surface area contributed by atoms with Gasteiger partial charge in [-0.25, -0.2) is 8.42 Å². The van der Waals surface area contributed by atoms with Gasteiger partial charge >= 0.3 is 0 Å². The second-order valence-corrected chi connectivity index (χ2v) is 7.76. The quantitative estimate of drug-likeness (QED) is 0.328. The number of oxime groups is 1. The summed E-state index contributed by atoms with van der Waals surface area (Å²) in [5, 5.41) is 11.1. The zero-order chi connectivity index (χ0) is 15.9. The summed E-state index contributed by atoms with van der Waals surface area (Å²) in [7, 11) is -3.10. The molecule has 0 heterocycles. The number of hydrogen-bond acceptors (Lipinski definition) is 5. The lowest BCUT2D eigenvalue weighted by Crippen LogP contribution is -2.34. The minimum Gasteiger partial charge on any atom is -0.409 e. The van der Waals surface area contributed by atoms with Gasteiger partial charge in [0.15, 0.2) is 9.84 Å². The number of para-hydroxylation sites is 1. The minimum atomic E-state index is -3.10. The Morgan fingerprint density at radius 2 is 1.90 bits per heavy atom. The predicted molar refractivity (Wildman–Crippen MR) is 85.6 cm³/mol. The van der Waals surface area contributed by atoms with E-state index in [1.165, 1.54) is 0 Å². The van der Waals surface area contributed by atoms with Crippen LogP contribution in [0.1, 0.15) is 20.3 Å². The van der Waals surface area contributed by atoms with Gasteiger partial charge in [-0.15, -0.1) is 0 Å². The highest BCUT2D eigenvalue weighted by Gasteiger charge is 2.18. The molecule has 1 rings (SSSR count). The van der Waals surface area contributed by atoms with Crippen LogP contribution in [0.25, 0.3) is 0 Å². The van der Waals surface area contributed by atoms with Gasteiger partial charge < -0.3 is 15.8 Å². The fourth-order valence-electron chi connectivity index (χ4n) is 1.78. The summed E-state index contributed by atoms with van der Waals surface area (Å²) >= 11 is 0. The van der Waals surface area contributed by atoms with Crippen LogP contribution >= 0.6 is 0 Å². The standard InChI is InChI=1S/C14H23N3O3S/c1-12(2)21(19,20)11-10-17(9-8-14(15)16-18)13-6-4-3-5-7-13/h3-7,12,18H,8-11H2,1-2H3,(H2,15,16). The van der Waals surface area contributed by atoms with Crippen molar-refractivity contribution in [2.75, 3.05) is 23.7 Å². The summed E-state index contributed by atoms with van der Waals surface area (Å²) < 4.78 is 23.9. The maximum atomic E-state index is 11.9. The highest BCUT2D eigenvalue weighted by molar-refractivity contribution is 7.92. The molecule has 0 unspecified atom stereocenters. The van der Waals surface area contributed by atoms with Gasteiger partial charge in [0, 0.05) is 25.2 Å². The molecule has 0 aliphatic carbocycles.